The Kier molecular flexibility index (Phi) is 5.41. The molecule has 0 unspecified atom stereocenters. The molecule has 0 saturated carbocycles. The first-order valence-electron chi connectivity index (χ1n) is 8.46. The quantitative estimate of drug-likeness (QED) is 0.454. The molecule has 2 aromatic rings. The standard InChI is InChI=1S/C18H19N3O5S/c1-10-5-6-11-13(8-10)27-17(15(11)16(19)23)20-14(22)9-26-18(24)12-4-2-3-7-21(12)25/h2-4,7,10H,5-6,8-9H2,1H3,(H2,19,23)(H,20,22)/t10-/m1/s1. The molecule has 2 aromatic heterocycles. The molecule has 3 N–H and O–H groups in total. The molecule has 8 nitrogen and oxygen atoms in total. The average molecular weight is 389 g/mol. The van der Waals surface area contributed by atoms with Crippen molar-refractivity contribution in [2.45, 2.75) is 26.2 Å². The molecular formula is C18H19N3O5S. The van der Waals surface area contributed by atoms with Gasteiger partial charge in [0.05, 0.1) is 5.56 Å². The maximum Gasteiger partial charge on any atom is 0.405 e. The third-order valence-electron chi connectivity index (χ3n) is 4.38. The average Bonchev–Trinajstić information content (AvgIpc) is 2.97. The molecule has 0 saturated heterocycles. The number of pyridine rings is 1. The highest BCUT2D eigenvalue weighted by Crippen LogP contribution is 2.39. The number of ether oxygens (including phenoxy) is 1. The zero-order valence-corrected chi connectivity index (χ0v) is 15.5. The fourth-order valence-corrected chi connectivity index (χ4v) is 4.49. The van der Waals surface area contributed by atoms with Gasteiger partial charge in [0.25, 0.3) is 11.8 Å². The highest BCUT2D eigenvalue weighted by Gasteiger charge is 2.27. The van der Waals surface area contributed by atoms with Crippen molar-refractivity contribution >= 4 is 34.1 Å². The molecule has 9 heteroatoms. The second-order valence-electron chi connectivity index (χ2n) is 6.46. The molecule has 1 atom stereocenters. The van der Waals surface area contributed by atoms with Gasteiger partial charge in [-0.05, 0) is 36.8 Å². The van der Waals surface area contributed by atoms with Gasteiger partial charge in [-0.3, -0.25) is 9.59 Å². The van der Waals surface area contributed by atoms with E-state index in [4.69, 9.17) is 10.5 Å². The first-order valence-corrected chi connectivity index (χ1v) is 9.28. The second-order valence-corrected chi connectivity index (χ2v) is 7.56. The number of nitrogens with two attached hydrogens (primary N) is 1. The van der Waals surface area contributed by atoms with Crippen molar-refractivity contribution in [3.63, 3.8) is 0 Å². The Bertz CT molecular complexity index is 908. The molecule has 0 aliphatic heterocycles. The number of esters is 1. The number of anilines is 1. The lowest BCUT2D eigenvalue weighted by molar-refractivity contribution is -0.608. The number of thiophene rings is 1. The van der Waals surface area contributed by atoms with E-state index in [2.05, 4.69) is 12.2 Å². The van der Waals surface area contributed by atoms with Crippen LogP contribution >= 0.6 is 11.3 Å². The molecular weight excluding hydrogens is 370 g/mol. The molecule has 3 rings (SSSR count). The molecule has 1 aliphatic carbocycles. The highest BCUT2D eigenvalue weighted by atomic mass is 32.1. The lowest BCUT2D eigenvalue weighted by Crippen LogP contribution is -2.35. The van der Waals surface area contributed by atoms with Gasteiger partial charge >= 0.3 is 11.7 Å². The summed E-state index contributed by atoms with van der Waals surface area (Å²) in [5.41, 5.74) is 6.52. The van der Waals surface area contributed by atoms with Crippen molar-refractivity contribution in [1.29, 1.82) is 0 Å². The van der Waals surface area contributed by atoms with Crippen LogP contribution < -0.4 is 15.8 Å². The van der Waals surface area contributed by atoms with E-state index in [-0.39, 0.29) is 5.69 Å². The molecule has 0 bridgehead atoms. The predicted octanol–water partition coefficient (Wildman–Crippen LogP) is 1.40. The molecule has 1 aliphatic rings. The van der Waals surface area contributed by atoms with E-state index >= 15 is 0 Å². The summed E-state index contributed by atoms with van der Waals surface area (Å²) >= 11 is 1.33. The lowest BCUT2D eigenvalue weighted by Gasteiger charge is -2.18. The Morgan fingerprint density at radius 1 is 1.41 bits per heavy atom. The fraction of sp³-hybridized carbons (Fsp3) is 0.333. The van der Waals surface area contributed by atoms with Gasteiger partial charge in [0.15, 0.2) is 12.8 Å². The van der Waals surface area contributed by atoms with Gasteiger partial charge < -0.3 is 21.0 Å². The van der Waals surface area contributed by atoms with Crippen molar-refractivity contribution < 1.29 is 23.9 Å². The van der Waals surface area contributed by atoms with E-state index < -0.39 is 24.4 Å². The number of carbonyl (C=O) groups excluding carboxylic acids is 3. The van der Waals surface area contributed by atoms with Gasteiger partial charge in [-0.2, -0.15) is 4.73 Å². The van der Waals surface area contributed by atoms with Crippen LogP contribution in [0.4, 0.5) is 5.00 Å². The summed E-state index contributed by atoms with van der Waals surface area (Å²) in [6, 6.07) is 4.29. The summed E-state index contributed by atoms with van der Waals surface area (Å²) in [5.74, 6) is -1.60. The number of carbonyl (C=O) groups is 3. The Hall–Kier alpha value is -2.94. The number of nitrogens with one attached hydrogen (secondary N) is 1. The number of primary amides is 1. The van der Waals surface area contributed by atoms with Crippen LogP contribution in [0, 0.1) is 11.1 Å². The largest absolute Gasteiger partial charge is 0.618 e. The van der Waals surface area contributed by atoms with Gasteiger partial charge in [0.1, 0.15) is 5.00 Å². The molecule has 142 valence electrons. The van der Waals surface area contributed by atoms with Crippen LogP contribution in [0.1, 0.15) is 44.6 Å². The Balaban J connectivity index is 1.68. The summed E-state index contributed by atoms with van der Waals surface area (Å²) in [6.45, 7) is 1.56. The Labute approximate surface area is 159 Å². The van der Waals surface area contributed by atoms with Gasteiger partial charge in [-0.1, -0.05) is 6.92 Å². The van der Waals surface area contributed by atoms with Crippen LogP contribution in [0.2, 0.25) is 0 Å². The maximum atomic E-state index is 12.2. The normalized spacial score (nSPS) is 15.7. The summed E-state index contributed by atoms with van der Waals surface area (Å²) < 4.78 is 5.24. The molecule has 0 spiro atoms. The Morgan fingerprint density at radius 3 is 2.89 bits per heavy atom. The minimum absolute atomic E-state index is 0.219. The van der Waals surface area contributed by atoms with E-state index in [1.165, 1.54) is 29.5 Å². The number of hydrogen-bond donors (Lipinski definition) is 2. The monoisotopic (exact) mass is 389 g/mol. The van der Waals surface area contributed by atoms with Crippen molar-refractivity contribution in [2.75, 3.05) is 11.9 Å². The van der Waals surface area contributed by atoms with Gasteiger partial charge in [-0.15, -0.1) is 11.3 Å². The number of fused-ring (bicyclic) bond motifs is 1. The number of rotatable bonds is 5. The van der Waals surface area contributed by atoms with Crippen LogP contribution in [0.15, 0.2) is 24.4 Å². The smallest absolute Gasteiger partial charge is 0.405 e. The molecule has 2 heterocycles. The van der Waals surface area contributed by atoms with E-state index in [9.17, 15) is 19.6 Å². The van der Waals surface area contributed by atoms with Crippen molar-refractivity contribution in [1.82, 2.24) is 0 Å². The molecule has 0 aromatic carbocycles. The summed E-state index contributed by atoms with van der Waals surface area (Å²) in [7, 11) is 0. The first-order chi connectivity index (χ1) is 12.9. The zero-order chi connectivity index (χ0) is 19.6. The topological polar surface area (TPSA) is 125 Å². The van der Waals surface area contributed by atoms with Gasteiger partial charge in [0.2, 0.25) is 0 Å². The van der Waals surface area contributed by atoms with Crippen LogP contribution in [-0.4, -0.2) is 24.4 Å². The minimum Gasteiger partial charge on any atom is -0.618 e. The maximum absolute atomic E-state index is 12.2. The number of amides is 2. The van der Waals surface area contributed by atoms with Crippen LogP contribution in [0.25, 0.3) is 0 Å². The number of hydrogen-bond acceptors (Lipinski definition) is 6. The van der Waals surface area contributed by atoms with E-state index in [1.807, 2.05) is 0 Å². The van der Waals surface area contributed by atoms with E-state index in [0.717, 1.165) is 35.9 Å². The minimum atomic E-state index is -0.907. The van der Waals surface area contributed by atoms with Crippen LogP contribution in [0.5, 0.6) is 0 Å². The van der Waals surface area contributed by atoms with Crippen molar-refractivity contribution in [3.8, 4) is 0 Å². The van der Waals surface area contributed by atoms with E-state index in [1.54, 1.807) is 0 Å². The predicted molar refractivity (Wildman–Crippen MR) is 98.3 cm³/mol. The van der Waals surface area contributed by atoms with Gasteiger partial charge in [0, 0.05) is 17.0 Å². The third kappa shape index (κ3) is 4.08. The lowest BCUT2D eigenvalue weighted by atomic mass is 9.88. The highest BCUT2D eigenvalue weighted by molar-refractivity contribution is 7.17. The van der Waals surface area contributed by atoms with Gasteiger partial charge in [-0.25, -0.2) is 4.79 Å². The number of aromatic nitrogens is 1. The summed E-state index contributed by atoms with van der Waals surface area (Å²) in [6.07, 6.45) is 3.70. The summed E-state index contributed by atoms with van der Waals surface area (Å²) in [4.78, 5) is 37.0. The van der Waals surface area contributed by atoms with Crippen molar-refractivity contribution in [2.24, 2.45) is 11.7 Å². The Morgan fingerprint density at radius 2 is 2.19 bits per heavy atom. The molecule has 0 fully saturated rings. The first kappa shape index (κ1) is 18.8. The van der Waals surface area contributed by atoms with E-state index in [0.29, 0.717) is 21.2 Å². The third-order valence-corrected chi connectivity index (χ3v) is 5.55. The SMILES string of the molecule is C[C@@H]1CCc2c(sc(NC(=O)COC(=O)c3cccc[n+]3[O-])c2C(N)=O)C1. The molecule has 27 heavy (non-hydrogen) atoms. The number of nitrogens with zero attached hydrogens (tertiary/aromatic N) is 1. The second kappa shape index (κ2) is 7.75. The fourth-order valence-electron chi connectivity index (χ4n) is 3.05. The van der Waals surface area contributed by atoms with Crippen molar-refractivity contribution in [3.05, 3.63) is 51.3 Å². The van der Waals surface area contributed by atoms with Crippen LogP contribution in [-0.2, 0) is 22.4 Å². The molecule has 2 amide bonds. The zero-order valence-electron chi connectivity index (χ0n) is 14.7. The molecule has 0 radical (unpaired) electrons. The summed E-state index contributed by atoms with van der Waals surface area (Å²) in [5, 5.41) is 14.5. The van der Waals surface area contributed by atoms with Crippen LogP contribution in [0.3, 0.4) is 0 Å².